The number of nitrogens with one attached hydrogen (secondary N) is 1. The molecule has 1 aromatic rings. The number of aryl methyl sites for hydroxylation is 1. The van der Waals surface area contributed by atoms with Crippen molar-refractivity contribution in [3.8, 4) is 0 Å². The highest BCUT2D eigenvalue weighted by molar-refractivity contribution is 7.89. The quantitative estimate of drug-likeness (QED) is 0.744. The molecule has 130 valence electrons. The van der Waals surface area contributed by atoms with Gasteiger partial charge in [-0.05, 0) is 6.42 Å². The summed E-state index contributed by atoms with van der Waals surface area (Å²) in [5.41, 5.74) is 0. The van der Waals surface area contributed by atoms with Crippen LogP contribution in [0, 0.1) is 5.92 Å². The van der Waals surface area contributed by atoms with Crippen LogP contribution in [0.15, 0.2) is 17.3 Å². The van der Waals surface area contributed by atoms with Gasteiger partial charge in [0.05, 0.1) is 26.0 Å². The van der Waals surface area contributed by atoms with E-state index in [0.717, 1.165) is 26.1 Å². The first kappa shape index (κ1) is 16.8. The van der Waals surface area contributed by atoms with Crippen molar-refractivity contribution < 1.29 is 17.9 Å². The number of sulfonamides is 1. The van der Waals surface area contributed by atoms with E-state index >= 15 is 0 Å². The molecule has 0 aromatic carbocycles. The first-order valence-electron chi connectivity index (χ1n) is 7.94. The monoisotopic (exact) mass is 344 g/mol. The average molecular weight is 344 g/mol. The van der Waals surface area contributed by atoms with Crippen molar-refractivity contribution >= 4 is 10.0 Å². The fourth-order valence-corrected chi connectivity index (χ4v) is 4.21. The Kier molecular flexibility index (Phi) is 5.32. The van der Waals surface area contributed by atoms with Crippen LogP contribution in [0.2, 0.25) is 0 Å². The Hall–Kier alpha value is -1.00. The standard InChI is InChI=1S/C14H24N4O4S/c1-17-10-13(8-15-17)23(19,20)16-9-14(12-2-5-22-11-12)18-3-6-21-7-4-18/h8,10,12,14,16H,2-7,9,11H2,1H3/t12-,14-/m1/s1. The van der Waals surface area contributed by atoms with Gasteiger partial charge in [0.25, 0.3) is 0 Å². The van der Waals surface area contributed by atoms with Crippen LogP contribution in [0.25, 0.3) is 0 Å². The van der Waals surface area contributed by atoms with Crippen LogP contribution in [-0.2, 0) is 26.5 Å². The maximum Gasteiger partial charge on any atom is 0.243 e. The second-order valence-corrected chi connectivity index (χ2v) is 7.81. The third kappa shape index (κ3) is 4.10. The minimum atomic E-state index is -3.53. The number of morpholine rings is 1. The predicted molar refractivity (Wildman–Crippen MR) is 83.5 cm³/mol. The van der Waals surface area contributed by atoms with E-state index in [1.165, 1.54) is 17.1 Å². The molecule has 2 fully saturated rings. The van der Waals surface area contributed by atoms with Gasteiger partial charge in [-0.3, -0.25) is 9.58 Å². The minimum absolute atomic E-state index is 0.132. The van der Waals surface area contributed by atoms with Crippen molar-refractivity contribution in [2.24, 2.45) is 13.0 Å². The van der Waals surface area contributed by atoms with E-state index in [1.54, 1.807) is 7.05 Å². The molecule has 9 heteroatoms. The molecule has 0 aliphatic carbocycles. The average Bonchev–Trinajstić information content (AvgIpc) is 3.20. The number of hydrogen-bond donors (Lipinski definition) is 1. The molecule has 0 saturated carbocycles. The zero-order valence-electron chi connectivity index (χ0n) is 13.3. The van der Waals surface area contributed by atoms with Crippen molar-refractivity contribution in [1.29, 1.82) is 0 Å². The second kappa shape index (κ2) is 7.27. The van der Waals surface area contributed by atoms with Crippen molar-refractivity contribution in [3.05, 3.63) is 12.4 Å². The fraction of sp³-hybridized carbons (Fsp3) is 0.786. The molecule has 0 amide bonds. The lowest BCUT2D eigenvalue weighted by molar-refractivity contribution is 0.00271. The summed E-state index contributed by atoms with van der Waals surface area (Å²) >= 11 is 0. The van der Waals surface area contributed by atoms with Gasteiger partial charge < -0.3 is 9.47 Å². The summed E-state index contributed by atoms with van der Waals surface area (Å²) in [6, 6.07) is 0.132. The molecule has 2 aliphatic rings. The van der Waals surface area contributed by atoms with E-state index in [0.29, 0.717) is 32.3 Å². The first-order valence-corrected chi connectivity index (χ1v) is 9.42. The highest BCUT2D eigenvalue weighted by Gasteiger charge is 2.32. The van der Waals surface area contributed by atoms with Crippen molar-refractivity contribution in [3.63, 3.8) is 0 Å². The van der Waals surface area contributed by atoms with Crippen molar-refractivity contribution in [2.75, 3.05) is 46.1 Å². The van der Waals surface area contributed by atoms with E-state index in [-0.39, 0.29) is 10.9 Å². The molecular formula is C14H24N4O4S. The van der Waals surface area contributed by atoms with Crippen molar-refractivity contribution in [1.82, 2.24) is 19.4 Å². The number of ether oxygens (including phenoxy) is 2. The number of hydrogen-bond acceptors (Lipinski definition) is 6. The van der Waals surface area contributed by atoms with Gasteiger partial charge in [0.2, 0.25) is 10.0 Å². The molecule has 0 radical (unpaired) electrons. The third-order valence-corrected chi connectivity index (χ3v) is 5.88. The van der Waals surface area contributed by atoms with Crippen LogP contribution < -0.4 is 4.72 Å². The Bertz CT molecular complexity index is 606. The zero-order valence-corrected chi connectivity index (χ0v) is 14.2. The summed E-state index contributed by atoms with van der Waals surface area (Å²) in [6.45, 7) is 4.87. The highest BCUT2D eigenvalue weighted by Crippen LogP contribution is 2.22. The molecule has 0 bridgehead atoms. The summed E-state index contributed by atoms with van der Waals surface area (Å²) in [4.78, 5) is 2.51. The van der Waals surface area contributed by atoms with Gasteiger partial charge in [0, 0.05) is 51.4 Å². The van der Waals surface area contributed by atoms with Gasteiger partial charge in [0.1, 0.15) is 4.90 Å². The summed E-state index contributed by atoms with van der Waals surface area (Å²) in [5, 5.41) is 3.93. The van der Waals surface area contributed by atoms with Gasteiger partial charge in [0.15, 0.2) is 0 Å². The Morgan fingerprint density at radius 2 is 2.13 bits per heavy atom. The molecule has 2 saturated heterocycles. The molecule has 8 nitrogen and oxygen atoms in total. The number of aromatic nitrogens is 2. The van der Waals surface area contributed by atoms with Gasteiger partial charge in [-0.2, -0.15) is 5.10 Å². The minimum Gasteiger partial charge on any atom is -0.381 e. The Morgan fingerprint density at radius 1 is 1.35 bits per heavy atom. The molecule has 2 aliphatic heterocycles. The van der Waals surface area contributed by atoms with Gasteiger partial charge >= 0.3 is 0 Å². The van der Waals surface area contributed by atoms with Crippen LogP contribution in [0.3, 0.4) is 0 Å². The molecular weight excluding hydrogens is 320 g/mol. The number of nitrogens with zero attached hydrogens (tertiary/aromatic N) is 3. The van der Waals surface area contributed by atoms with E-state index in [9.17, 15) is 8.42 Å². The Morgan fingerprint density at radius 3 is 2.74 bits per heavy atom. The second-order valence-electron chi connectivity index (χ2n) is 6.04. The zero-order chi connectivity index (χ0) is 16.3. The largest absolute Gasteiger partial charge is 0.381 e. The SMILES string of the molecule is Cn1cc(S(=O)(=O)NC[C@H]([C@@H]2CCOC2)N2CCOCC2)cn1. The predicted octanol–water partition coefficient (Wildman–Crippen LogP) is -0.564. The molecule has 3 rings (SSSR count). The van der Waals surface area contributed by atoms with Gasteiger partial charge in [-0.15, -0.1) is 0 Å². The van der Waals surface area contributed by atoms with Gasteiger partial charge in [-0.25, -0.2) is 13.1 Å². The molecule has 0 unspecified atom stereocenters. The maximum atomic E-state index is 12.4. The summed E-state index contributed by atoms with van der Waals surface area (Å²) in [7, 11) is -1.83. The van der Waals surface area contributed by atoms with Crippen LogP contribution >= 0.6 is 0 Å². The Labute approximate surface area is 136 Å². The van der Waals surface area contributed by atoms with Gasteiger partial charge in [-0.1, -0.05) is 0 Å². The third-order valence-electron chi connectivity index (χ3n) is 4.50. The van der Waals surface area contributed by atoms with E-state index in [4.69, 9.17) is 9.47 Å². The molecule has 0 spiro atoms. The molecule has 2 atom stereocenters. The lowest BCUT2D eigenvalue weighted by Crippen LogP contribution is -2.52. The summed E-state index contributed by atoms with van der Waals surface area (Å²) < 4.78 is 40.0. The van der Waals surface area contributed by atoms with E-state index in [1.807, 2.05) is 0 Å². The molecule has 3 heterocycles. The van der Waals surface area contributed by atoms with Crippen LogP contribution in [0.1, 0.15) is 6.42 Å². The molecule has 1 N–H and O–H groups in total. The number of rotatable bonds is 6. The van der Waals surface area contributed by atoms with Crippen LogP contribution in [0.5, 0.6) is 0 Å². The van der Waals surface area contributed by atoms with Crippen LogP contribution in [0.4, 0.5) is 0 Å². The lowest BCUT2D eigenvalue weighted by Gasteiger charge is -2.37. The fourth-order valence-electron chi connectivity index (χ4n) is 3.18. The summed E-state index contributed by atoms with van der Waals surface area (Å²) in [6.07, 6.45) is 3.84. The normalized spacial score (nSPS) is 24.8. The Balaban J connectivity index is 1.68. The molecule has 23 heavy (non-hydrogen) atoms. The lowest BCUT2D eigenvalue weighted by atomic mass is 9.97. The van der Waals surface area contributed by atoms with Crippen molar-refractivity contribution in [2.45, 2.75) is 17.4 Å². The highest BCUT2D eigenvalue weighted by atomic mass is 32.2. The maximum absolute atomic E-state index is 12.4. The summed E-state index contributed by atoms with van der Waals surface area (Å²) in [5.74, 6) is 0.352. The van der Waals surface area contributed by atoms with E-state index in [2.05, 4.69) is 14.7 Å². The van der Waals surface area contributed by atoms with E-state index < -0.39 is 10.0 Å². The smallest absolute Gasteiger partial charge is 0.243 e. The molecule has 1 aromatic heterocycles. The van der Waals surface area contributed by atoms with Crippen LogP contribution in [-0.4, -0.2) is 75.2 Å². The first-order chi connectivity index (χ1) is 11.1. The topological polar surface area (TPSA) is 85.7 Å².